The van der Waals surface area contributed by atoms with Crippen molar-refractivity contribution in [3.63, 3.8) is 0 Å². The van der Waals surface area contributed by atoms with E-state index in [1.54, 1.807) is 18.2 Å². The fraction of sp³-hybridized carbons (Fsp3) is 0.269. The monoisotopic (exact) mass is 448 g/mol. The van der Waals surface area contributed by atoms with Crippen LogP contribution in [0.15, 0.2) is 77.5 Å². The summed E-state index contributed by atoms with van der Waals surface area (Å²) in [5.41, 5.74) is 4.13. The quantitative estimate of drug-likeness (QED) is 0.394. The zero-order valence-corrected chi connectivity index (χ0v) is 18.3. The number of carbonyl (C=O) groups excluding carboxylic acids is 2. The van der Waals surface area contributed by atoms with Crippen LogP contribution < -0.4 is 10.6 Å². The Morgan fingerprint density at radius 1 is 0.939 bits per heavy atom. The Balaban J connectivity index is 1.68. The van der Waals surface area contributed by atoms with Gasteiger partial charge in [-0.1, -0.05) is 42.5 Å². The molecule has 0 aromatic heterocycles. The molecule has 4 N–H and O–H groups in total. The summed E-state index contributed by atoms with van der Waals surface area (Å²) in [7, 11) is 0. The van der Waals surface area contributed by atoms with Crippen molar-refractivity contribution < 1.29 is 24.6 Å². The number of amides is 2. The topological polar surface area (TPSA) is 116 Å². The van der Waals surface area contributed by atoms with Gasteiger partial charge in [-0.3, -0.25) is 9.59 Å². The molecule has 1 atom stereocenters. The van der Waals surface area contributed by atoms with Crippen LogP contribution >= 0.6 is 0 Å². The Labute approximate surface area is 192 Å². The number of allylic oxidation sites excluding steroid dienone is 3. The standard InChI is InChI=1S/C26H28N2O5/c29-17-27-23-15-11-21(16-20(23)10-6-19-7-12-22(30)13-8-19)25(31)28-24(26(32)33)14-9-18-4-2-1-3-5-18/h1-5,7-8,12-13,16-17,24,30H,6,9-11,14-15H2,(H,27,29)(H,28,31)(H,32,33). The van der Waals surface area contributed by atoms with Crippen molar-refractivity contribution in [3.05, 3.63) is 88.6 Å². The van der Waals surface area contributed by atoms with Crippen LogP contribution in [0.3, 0.4) is 0 Å². The first kappa shape index (κ1) is 23.8. The van der Waals surface area contributed by atoms with Gasteiger partial charge in [0.2, 0.25) is 12.3 Å². The van der Waals surface area contributed by atoms with E-state index in [4.69, 9.17) is 0 Å². The van der Waals surface area contributed by atoms with Gasteiger partial charge in [0, 0.05) is 11.3 Å². The number of carboxylic acids is 1. The molecule has 33 heavy (non-hydrogen) atoms. The van der Waals surface area contributed by atoms with E-state index in [2.05, 4.69) is 10.6 Å². The summed E-state index contributed by atoms with van der Waals surface area (Å²) >= 11 is 0. The van der Waals surface area contributed by atoms with Gasteiger partial charge in [-0.2, -0.15) is 0 Å². The molecule has 0 fully saturated rings. The highest BCUT2D eigenvalue weighted by molar-refractivity contribution is 5.96. The van der Waals surface area contributed by atoms with Crippen molar-refractivity contribution in [2.45, 2.75) is 44.6 Å². The first-order chi connectivity index (χ1) is 16.0. The molecular weight excluding hydrogens is 420 g/mol. The van der Waals surface area contributed by atoms with Crippen LogP contribution in [0.2, 0.25) is 0 Å². The van der Waals surface area contributed by atoms with Gasteiger partial charge in [-0.05, 0) is 73.4 Å². The molecule has 0 saturated heterocycles. The highest BCUT2D eigenvalue weighted by Gasteiger charge is 2.24. The fourth-order valence-corrected chi connectivity index (χ4v) is 3.83. The molecule has 2 amide bonds. The third-order valence-corrected chi connectivity index (χ3v) is 5.69. The number of phenolic OH excluding ortho intramolecular Hbond substituents is 1. The van der Waals surface area contributed by atoms with Gasteiger partial charge in [0.1, 0.15) is 11.8 Å². The van der Waals surface area contributed by atoms with Gasteiger partial charge < -0.3 is 20.8 Å². The molecular formula is C26H28N2O5. The van der Waals surface area contributed by atoms with Crippen molar-refractivity contribution in [1.29, 1.82) is 0 Å². The molecule has 2 aromatic rings. The molecule has 0 spiro atoms. The van der Waals surface area contributed by atoms with Crippen molar-refractivity contribution in [3.8, 4) is 5.75 Å². The summed E-state index contributed by atoms with van der Waals surface area (Å²) in [6.07, 6.45) is 5.37. The molecule has 0 aliphatic heterocycles. The fourth-order valence-electron chi connectivity index (χ4n) is 3.83. The number of nitrogens with one attached hydrogen (secondary N) is 2. The van der Waals surface area contributed by atoms with Crippen molar-refractivity contribution in [1.82, 2.24) is 10.6 Å². The zero-order chi connectivity index (χ0) is 23.6. The van der Waals surface area contributed by atoms with E-state index in [0.29, 0.717) is 50.5 Å². The summed E-state index contributed by atoms with van der Waals surface area (Å²) in [4.78, 5) is 35.6. The Morgan fingerprint density at radius 2 is 1.64 bits per heavy atom. The molecule has 2 aromatic carbocycles. The summed E-state index contributed by atoms with van der Waals surface area (Å²) in [6.45, 7) is 0. The smallest absolute Gasteiger partial charge is 0.326 e. The van der Waals surface area contributed by atoms with Crippen LogP contribution in [0.4, 0.5) is 0 Å². The summed E-state index contributed by atoms with van der Waals surface area (Å²) in [5.74, 6) is -1.28. The Bertz CT molecular complexity index is 1040. The number of aliphatic carboxylic acids is 1. The maximum Gasteiger partial charge on any atom is 0.326 e. The number of rotatable bonds is 11. The molecule has 0 bridgehead atoms. The largest absolute Gasteiger partial charge is 0.508 e. The maximum absolute atomic E-state index is 12.9. The van der Waals surface area contributed by atoms with E-state index < -0.39 is 17.9 Å². The van der Waals surface area contributed by atoms with Gasteiger partial charge in [-0.15, -0.1) is 0 Å². The van der Waals surface area contributed by atoms with E-state index in [9.17, 15) is 24.6 Å². The maximum atomic E-state index is 12.9. The molecule has 3 rings (SSSR count). The van der Waals surface area contributed by atoms with Crippen molar-refractivity contribution in [2.75, 3.05) is 0 Å². The minimum absolute atomic E-state index is 0.193. The SMILES string of the molecule is O=CNC1=C(CCc2ccc(O)cc2)C=C(C(=O)NC(CCc2ccccc2)C(=O)O)CC1. The lowest BCUT2D eigenvalue weighted by atomic mass is 9.91. The minimum Gasteiger partial charge on any atom is -0.508 e. The average molecular weight is 449 g/mol. The van der Waals surface area contributed by atoms with Gasteiger partial charge >= 0.3 is 5.97 Å². The second-order valence-electron chi connectivity index (χ2n) is 7.99. The van der Waals surface area contributed by atoms with Gasteiger partial charge in [0.05, 0.1) is 0 Å². The Kier molecular flexibility index (Phi) is 8.41. The zero-order valence-electron chi connectivity index (χ0n) is 18.3. The van der Waals surface area contributed by atoms with Crippen LogP contribution in [0, 0.1) is 0 Å². The second-order valence-corrected chi connectivity index (χ2v) is 7.99. The third kappa shape index (κ3) is 7.07. The van der Waals surface area contributed by atoms with Crippen molar-refractivity contribution in [2.24, 2.45) is 0 Å². The van der Waals surface area contributed by atoms with Gasteiger partial charge in [0.25, 0.3) is 0 Å². The molecule has 0 heterocycles. The molecule has 7 heteroatoms. The predicted molar refractivity (Wildman–Crippen MR) is 124 cm³/mol. The van der Waals surface area contributed by atoms with E-state index in [1.807, 2.05) is 42.5 Å². The highest BCUT2D eigenvalue weighted by atomic mass is 16.4. The summed E-state index contributed by atoms with van der Waals surface area (Å²) in [5, 5.41) is 24.4. The van der Waals surface area contributed by atoms with Gasteiger partial charge in [-0.25, -0.2) is 4.79 Å². The number of hydrogen-bond acceptors (Lipinski definition) is 4. The van der Waals surface area contributed by atoms with Crippen LogP contribution in [0.1, 0.15) is 36.8 Å². The van der Waals surface area contributed by atoms with Crippen LogP contribution in [-0.2, 0) is 27.2 Å². The number of carbonyl (C=O) groups is 3. The average Bonchev–Trinajstić information content (AvgIpc) is 2.82. The normalized spacial score (nSPS) is 14.2. The number of aromatic hydroxyl groups is 1. The van der Waals surface area contributed by atoms with E-state index >= 15 is 0 Å². The molecule has 0 radical (unpaired) electrons. The molecule has 0 saturated carbocycles. The molecule has 172 valence electrons. The van der Waals surface area contributed by atoms with Crippen LogP contribution in [0.5, 0.6) is 5.75 Å². The Hall–Kier alpha value is -3.87. The lowest BCUT2D eigenvalue weighted by Crippen LogP contribution is -2.42. The third-order valence-electron chi connectivity index (χ3n) is 5.69. The first-order valence-electron chi connectivity index (χ1n) is 10.9. The lowest BCUT2D eigenvalue weighted by Gasteiger charge is -2.21. The highest BCUT2D eigenvalue weighted by Crippen LogP contribution is 2.26. The lowest BCUT2D eigenvalue weighted by molar-refractivity contribution is -0.141. The van der Waals surface area contributed by atoms with Crippen LogP contribution in [-0.4, -0.2) is 34.5 Å². The van der Waals surface area contributed by atoms with Gasteiger partial charge in [0.15, 0.2) is 0 Å². The van der Waals surface area contributed by atoms with E-state index in [1.165, 1.54) is 0 Å². The van der Waals surface area contributed by atoms with Crippen LogP contribution in [0.25, 0.3) is 0 Å². The second kappa shape index (κ2) is 11.7. The number of benzene rings is 2. The van der Waals surface area contributed by atoms with E-state index in [-0.39, 0.29) is 5.75 Å². The van der Waals surface area contributed by atoms with Crippen molar-refractivity contribution >= 4 is 18.3 Å². The Morgan fingerprint density at radius 3 is 2.30 bits per heavy atom. The minimum atomic E-state index is -1.07. The summed E-state index contributed by atoms with van der Waals surface area (Å²) < 4.78 is 0. The first-order valence-corrected chi connectivity index (χ1v) is 10.9. The summed E-state index contributed by atoms with van der Waals surface area (Å²) in [6, 6.07) is 15.4. The molecule has 1 aliphatic carbocycles. The number of hydrogen-bond donors (Lipinski definition) is 4. The predicted octanol–water partition coefficient (Wildman–Crippen LogP) is 3.25. The molecule has 7 nitrogen and oxygen atoms in total. The number of carboxylic acid groups (broad SMARTS) is 1. The van der Waals surface area contributed by atoms with E-state index in [0.717, 1.165) is 22.4 Å². The molecule has 1 unspecified atom stereocenters. The molecule has 1 aliphatic rings. The number of phenols is 1. The number of aryl methyl sites for hydroxylation is 2.